The van der Waals surface area contributed by atoms with Crippen LogP contribution < -0.4 is 0 Å². The second-order valence-corrected chi connectivity index (χ2v) is 3.68. The molecule has 2 N–H and O–H groups in total. The molecule has 1 aromatic heterocycles. The highest BCUT2D eigenvalue weighted by Crippen LogP contribution is 2.07. The molecule has 1 amide bonds. The first-order valence-electron chi connectivity index (χ1n) is 5.48. The zero-order valence-electron chi connectivity index (χ0n) is 9.95. The minimum atomic E-state index is -1.02. The highest BCUT2D eigenvalue weighted by molar-refractivity contribution is 5.93. The van der Waals surface area contributed by atoms with Crippen molar-refractivity contribution in [3.05, 3.63) is 36.7 Å². The van der Waals surface area contributed by atoms with Gasteiger partial charge in [0.1, 0.15) is 12.2 Å². The Hall–Kier alpha value is -2.08. The van der Waals surface area contributed by atoms with Gasteiger partial charge in [-0.3, -0.25) is 9.59 Å². The summed E-state index contributed by atoms with van der Waals surface area (Å²) in [5.74, 6) is -1.34. The number of hydrogen-bond donors (Lipinski definition) is 2. The van der Waals surface area contributed by atoms with Crippen LogP contribution in [0.4, 0.5) is 0 Å². The van der Waals surface area contributed by atoms with Gasteiger partial charge in [-0.25, -0.2) is 0 Å². The molecule has 1 rings (SSSR count). The van der Waals surface area contributed by atoms with Crippen LogP contribution >= 0.6 is 0 Å². The first kappa shape index (κ1) is 14.0. The van der Waals surface area contributed by atoms with Gasteiger partial charge in [0.05, 0.1) is 6.61 Å². The predicted molar refractivity (Wildman–Crippen MR) is 65.3 cm³/mol. The second kappa shape index (κ2) is 6.61. The van der Waals surface area contributed by atoms with Gasteiger partial charge >= 0.3 is 5.97 Å². The summed E-state index contributed by atoms with van der Waals surface area (Å²) in [5, 5.41) is 17.6. The molecular formula is C12H16N2O4. The van der Waals surface area contributed by atoms with Gasteiger partial charge in [-0.1, -0.05) is 6.08 Å². The third-order valence-electron chi connectivity index (χ3n) is 2.36. The van der Waals surface area contributed by atoms with Gasteiger partial charge in [0.25, 0.3) is 5.91 Å². The molecule has 0 aliphatic carbocycles. The fourth-order valence-electron chi connectivity index (χ4n) is 1.61. The van der Waals surface area contributed by atoms with Crippen LogP contribution in [0.25, 0.3) is 0 Å². The van der Waals surface area contributed by atoms with E-state index in [9.17, 15) is 9.59 Å². The van der Waals surface area contributed by atoms with Crippen LogP contribution in [0.1, 0.15) is 10.5 Å². The SMILES string of the molecule is C=CCN(CCO)C(=O)c1cccn1CC(=O)O. The minimum Gasteiger partial charge on any atom is -0.480 e. The van der Waals surface area contributed by atoms with E-state index in [0.29, 0.717) is 6.54 Å². The molecule has 98 valence electrons. The molecule has 0 saturated heterocycles. The van der Waals surface area contributed by atoms with Crippen LogP contribution in [0.3, 0.4) is 0 Å². The molecule has 0 radical (unpaired) electrons. The lowest BCUT2D eigenvalue weighted by Gasteiger charge is -2.20. The predicted octanol–water partition coefficient (Wildman–Crippen LogP) is 0.193. The number of aliphatic hydroxyl groups is 1. The summed E-state index contributed by atoms with van der Waals surface area (Å²) in [4.78, 5) is 24.2. The lowest BCUT2D eigenvalue weighted by molar-refractivity contribution is -0.137. The quantitative estimate of drug-likeness (QED) is 0.679. The lowest BCUT2D eigenvalue weighted by Crippen LogP contribution is -2.35. The molecule has 0 spiro atoms. The van der Waals surface area contributed by atoms with Crippen LogP contribution in [0.15, 0.2) is 31.0 Å². The van der Waals surface area contributed by atoms with Crippen molar-refractivity contribution < 1.29 is 19.8 Å². The Kier molecular flexibility index (Phi) is 5.13. The molecule has 18 heavy (non-hydrogen) atoms. The van der Waals surface area contributed by atoms with Crippen LogP contribution in [0.5, 0.6) is 0 Å². The maximum Gasteiger partial charge on any atom is 0.323 e. The summed E-state index contributed by atoms with van der Waals surface area (Å²) in [6.07, 6.45) is 3.09. The van der Waals surface area contributed by atoms with E-state index in [1.807, 2.05) is 0 Å². The number of carboxylic acid groups (broad SMARTS) is 1. The van der Waals surface area contributed by atoms with Crippen LogP contribution in [0.2, 0.25) is 0 Å². The normalized spacial score (nSPS) is 10.1. The third-order valence-corrected chi connectivity index (χ3v) is 2.36. The van der Waals surface area contributed by atoms with E-state index in [-0.39, 0.29) is 31.3 Å². The number of carbonyl (C=O) groups is 2. The number of aromatic nitrogens is 1. The van der Waals surface area contributed by atoms with Crippen molar-refractivity contribution in [2.45, 2.75) is 6.54 Å². The maximum absolute atomic E-state index is 12.1. The Bertz CT molecular complexity index is 439. The van der Waals surface area contributed by atoms with Crippen LogP contribution in [-0.4, -0.2) is 51.3 Å². The third kappa shape index (κ3) is 3.46. The zero-order valence-corrected chi connectivity index (χ0v) is 9.95. The number of rotatable bonds is 7. The molecule has 0 atom stereocenters. The monoisotopic (exact) mass is 252 g/mol. The average Bonchev–Trinajstić information content (AvgIpc) is 2.75. The van der Waals surface area contributed by atoms with Crippen molar-refractivity contribution in [3.8, 4) is 0 Å². The number of carboxylic acids is 1. The van der Waals surface area contributed by atoms with Gasteiger partial charge < -0.3 is 19.7 Å². The van der Waals surface area contributed by atoms with E-state index in [1.165, 1.54) is 15.7 Å². The van der Waals surface area contributed by atoms with Crippen molar-refractivity contribution in [1.29, 1.82) is 0 Å². The van der Waals surface area contributed by atoms with E-state index in [4.69, 9.17) is 10.2 Å². The molecule has 0 bridgehead atoms. The zero-order chi connectivity index (χ0) is 13.5. The number of aliphatic hydroxyl groups excluding tert-OH is 1. The molecule has 6 heteroatoms. The summed E-state index contributed by atoms with van der Waals surface area (Å²) < 4.78 is 1.36. The summed E-state index contributed by atoms with van der Waals surface area (Å²) in [6, 6.07) is 3.17. The van der Waals surface area contributed by atoms with Crippen molar-refractivity contribution in [1.82, 2.24) is 9.47 Å². The smallest absolute Gasteiger partial charge is 0.323 e. The number of nitrogens with zero attached hydrogens (tertiary/aromatic N) is 2. The maximum atomic E-state index is 12.1. The molecule has 6 nitrogen and oxygen atoms in total. The fourth-order valence-corrected chi connectivity index (χ4v) is 1.61. The van der Waals surface area contributed by atoms with E-state index in [1.54, 1.807) is 18.2 Å². The minimum absolute atomic E-state index is 0.154. The van der Waals surface area contributed by atoms with Crippen molar-refractivity contribution in [3.63, 3.8) is 0 Å². The Balaban J connectivity index is 2.90. The number of carbonyl (C=O) groups excluding carboxylic acids is 1. The summed E-state index contributed by atoms with van der Waals surface area (Å²) in [6.45, 7) is 3.61. The Morgan fingerprint density at radius 1 is 1.50 bits per heavy atom. The number of aliphatic carboxylic acids is 1. The summed E-state index contributed by atoms with van der Waals surface area (Å²) >= 11 is 0. The van der Waals surface area contributed by atoms with E-state index in [0.717, 1.165) is 0 Å². The van der Waals surface area contributed by atoms with Crippen molar-refractivity contribution >= 4 is 11.9 Å². The van der Waals surface area contributed by atoms with E-state index < -0.39 is 5.97 Å². The van der Waals surface area contributed by atoms with Gasteiger partial charge in [-0.05, 0) is 12.1 Å². The average molecular weight is 252 g/mol. The number of amides is 1. The standard InChI is InChI=1S/C12H16N2O4/c1-2-5-13(7-8-15)12(18)10-4-3-6-14(10)9-11(16)17/h2-4,6,15H,1,5,7-9H2,(H,16,17). The van der Waals surface area contributed by atoms with Gasteiger partial charge in [-0.15, -0.1) is 6.58 Å². The lowest BCUT2D eigenvalue weighted by atomic mass is 10.3. The molecule has 0 aliphatic rings. The van der Waals surface area contributed by atoms with Gasteiger partial charge in [-0.2, -0.15) is 0 Å². The molecule has 0 aliphatic heterocycles. The van der Waals surface area contributed by atoms with E-state index in [2.05, 4.69) is 6.58 Å². The Morgan fingerprint density at radius 2 is 2.22 bits per heavy atom. The summed E-state index contributed by atoms with van der Waals surface area (Å²) in [5.41, 5.74) is 0.285. The first-order valence-corrected chi connectivity index (χ1v) is 5.48. The van der Waals surface area contributed by atoms with Gasteiger partial charge in [0.2, 0.25) is 0 Å². The molecule has 1 heterocycles. The Morgan fingerprint density at radius 3 is 2.78 bits per heavy atom. The largest absolute Gasteiger partial charge is 0.480 e. The first-order chi connectivity index (χ1) is 8.60. The van der Waals surface area contributed by atoms with Crippen molar-refractivity contribution in [2.75, 3.05) is 19.7 Å². The fraction of sp³-hybridized carbons (Fsp3) is 0.333. The Labute approximate surface area is 105 Å². The van der Waals surface area contributed by atoms with Crippen LogP contribution in [0, 0.1) is 0 Å². The summed E-state index contributed by atoms with van der Waals surface area (Å²) in [7, 11) is 0. The second-order valence-electron chi connectivity index (χ2n) is 3.68. The van der Waals surface area contributed by atoms with Crippen LogP contribution in [-0.2, 0) is 11.3 Å². The highest BCUT2D eigenvalue weighted by atomic mass is 16.4. The molecule has 0 unspecified atom stereocenters. The molecule has 0 saturated carbocycles. The molecule has 0 fully saturated rings. The molecule has 0 aromatic carbocycles. The van der Waals surface area contributed by atoms with Gasteiger partial charge in [0, 0.05) is 19.3 Å². The van der Waals surface area contributed by atoms with Gasteiger partial charge in [0.15, 0.2) is 0 Å². The molecular weight excluding hydrogens is 236 g/mol. The topological polar surface area (TPSA) is 82.8 Å². The number of hydrogen-bond acceptors (Lipinski definition) is 3. The van der Waals surface area contributed by atoms with Crippen molar-refractivity contribution in [2.24, 2.45) is 0 Å². The molecule has 1 aromatic rings. The highest BCUT2D eigenvalue weighted by Gasteiger charge is 2.18. The van der Waals surface area contributed by atoms with E-state index >= 15 is 0 Å².